The van der Waals surface area contributed by atoms with Crippen molar-refractivity contribution in [2.24, 2.45) is 11.1 Å². The van der Waals surface area contributed by atoms with E-state index in [0.717, 1.165) is 47.2 Å². The van der Waals surface area contributed by atoms with Gasteiger partial charge in [-0.1, -0.05) is 49.3 Å². The lowest BCUT2D eigenvalue weighted by Crippen LogP contribution is -2.25. The summed E-state index contributed by atoms with van der Waals surface area (Å²) in [4.78, 5) is 17.8. The Balaban J connectivity index is 1.71. The topological polar surface area (TPSA) is 50.7 Å². The van der Waals surface area contributed by atoms with Crippen molar-refractivity contribution >= 4 is 11.6 Å². The van der Waals surface area contributed by atoms with Gasteiger partial charge >= 0.3 is 0 Å². The molecule has 0 atom stereocenters. The van der Waals surface area contributed by atoms with Gasteiger partial charge in [-0.2, -0.15) is 0 Å². The number of amides is 1. The Kier molecular flexibility index (Phi) is 6.50. The van der Waals surface area contributed by atoms with E-state index < -0.39 is 0 Å². The highest BCUT2D eigenvalue weighted by atomic mass is 16.6. The van der Waals surface area contributed by atoms with E-state index in [2.05, 4.69) is 55.5 Å². The number of benzene rings is 2. The molecule has 4 nitrogen and oxygen atoms in total. The minimum Gasteiger partial charge on any atom is -0.396 e. The molecule has 0 radical (unpaired) electrons. The molecule has 1 aliphatic rings. The quantitative estimate of drug-likeness (QED) is 0.383. The molecule has 2 aromatic carbocycles. The molecule has 1 N–H and O–H groups in total. The monoisotopic (exact) mass is 378 g/mol. The summed E-state index contributed by atoms with van der Waals surface area (Å²) < 4.78 is 0. The van der Waals surface area contributed by atoms with Gasteiger partial charge in [0.05, 0.1) is 5.71 Å². The number of nitrogens with zero attached hydrogens (tertiary/aromatic N) is 1. The summed E-state index contributed by atoms with van der Waals surface area (Å²) in [6.45, 7) is 9.01. The van der Waals surface area contributed by atoms with Gasteiger partial charge in [-0.05, 0) is 73.4 Å². The van der Waals surface area contributed by atoms with Crippen molar-refractivity contribution in [3.8, 4) is 11.1 Å². The summed E-state index contributed by atoms with van der Waals surface area (Å²) in [5.74, 6) is 0.627. The molecule has 0 aliphatic heterocycles. The van der Waals surface area contributed by atoms with E-state index in [9.17, 15) is 4.79 Å². The molecule has 0 unspecified atom stereocenters. The van der Waals surface area contributed by atoms with Gasteiger partial charge in [0.1, 0.15) is 6.61 Å². The van der Waals surface area contributed by atoms with Gasteiger partial charge in [0.25, 0.3) is 5.91 Å². The Hall–Kier alpha value is -2.62. The van der Waals surface area contributed by atoms with E-state index in [1.807, 2.05) is 25.1 Å². The summed E-state index contributed by atoms with van der Waals surface area (Å²) >= 11 is 0. The predicted molar refractivity (Wildman–Crippen MR) is 115 cm³/mol. The van der Waals surface area contributed by atoms with Crippen molar-refractivity contribution in [1.82, 2.24) is 5.32 Å². The van der Waals surface area contributed by atoms with Gasteiger partial charge < -0.3 is 10.2 Å². The minimum absolute atomic E-state index is 0.0156. The summed E-state index contributed by atoms with van der Waals surface area (Å²) in [5, 5.41) is 7.28. The number of hydrogen-bond donors (Lipinski definition) is 1. The van der Waals surface area contributed by atoms with Crippen LogP contribution in [0.5, 0.6) is 0 Å². The summed E-state index contributed by atoms with van der Waals surface area (Å²) in [7, 11) is 0. The van der Waals surface area contributed by atoms with E-state index in [1.165, 1.54) is 0 Å². The van der Waals surface area contributed by atoms with Crippen LogP contribution in [-0.2, 0) is 4.84 Å². The maximum atomic E-state index is 12.4. The SMILES string of the molecule is CC(=NOCCC(C)C)c1ccc(-c2cc(C(=O)NC3CC3)ccc2C)cc1. The molecule has 1 amide bonds. The van der Waals surface area contributed by atoms with Gasteiger partial charge in [0, 0.05) is 11.6 Å². The maximum absolute atomic E-state index is 12.4. The van der Waals surface area contributed by atoms with E-state index in [-0.39, 0.29) is 5.91 Å². The van der Waals surface area contributed by atoms with Crippen LogP contribution in [0, 0.1) is 12.8 Å². The normalized spacial score (nSPS) is 14.2. The lowest BCUT2D eigenvalue weighted by atomic mass is 9.96. The van der Waals surface area contributed by atoms with Gasteiger partial charge in [-0.15, -0.1) is 0 Å². The molecule has 4 heteroatoms. The molecule has 28 heavy (non-hydrogen) atoms. The first kappa shape index (κ1) is 20.1. The molecule has 0 aromatic heterocycles. The number of nitrogens with one attached hydrogen (secondary N) is 1. The summed E-state index contributed by atoms with van der Waals surface area (Å²) in [6.07, 6.45) is 3.18. The fraction of sp³-hybridized carbons (Fsp3) is 0.417. The molecule has 0 bridgehead atoms. The third-order valence-electron chi connectivity index (χ3n) is 5.01. The van der Waals surface area contributed by atoms with Crippen molar-refractivity contribution in [2.45, 2.75) is 53.0 Å². The molecule has 0 heterocycles. The largest absolute Gasteiger partial charge is 0.396 e. The smallest absolute Gasteiger partial charge is 0.251 e. The molecule has 0 saturated heterocycles. The van der Waals surface area contributed by atoms with Crippen molar-refractivity contribution in [1.29, 1.82) is 0 Å². The Morgan fingerprint density at radius 2 is 1.82 bits per heavy atom. The standard InChI is InChI=1S/C24H30N2O2/c1-16(2)13-14-28-26-18(4)19-7-9-20(10-8-19)23-15-21(6-5-17(23)3)24(27)25-22-11-12-22/h5-10,15-16,22H,11-14H2,1-4H3,(H,25,27). The number of oxime groups is 1. The number of hydrogen-bond acceptors (Lipinski definition) is 3. The van der Waals surface area contributed by atoms with Crippen LogP contribution < -0.4 is 5.32 Å². The van der Waals surface area contributed by atoms with Gasteiger partial charge in [-0.3, -0.25) is 4.79 Å². The molecule has 2 aromatic rings. The van der Waals surface area contributed by atoms with Crippen LogP contribution in [0.2, 0.25) is 0 Å². The molecule has 1 saturated carbocycles. The minimum atomic E-state index is 0.0156. The fourth-order valence-corrected chi connectivity index (χ4v) is 2.95. The third-order valence-corrected chi connectivity index (χ3v) is 5.01. The number of aryl methyl sites for hydroxylation is 1. The van der Waals surface area contributed by atoms with Crippen molar-refractivity contribution in [3.05, 3.63) is 59.2 Å². The zero-order valence-corrected chi connectivity index (χ0v) is 17.3. The van der Waals surface area contributed by atoms with Crippen LogP contribution in [0.1, 0.15) is 61.5 Å². The Bertz CT molecular complexity index is 849. The second-order valence-corrected chi connectivity index (χ2v) is 8.05. The van der Waals surface area contributed by atoms with Crippen LogP contribution in [0.3, 0.4) is 0 Å². The molecule has 3 rings (SSSR count). The zero-order valence-electron chi connectivity index (χ0n) is 17.3. The summed E-state index contributed by atoms with van der Waals surface area (Å²) in [6, 6.07) is 14.5. The number of rotatable bonds is 8. The van der Waals surface area contributed by atoms with Gasteiger partial charge in [0.15, 0.2) is 0 Å². The Morgan fingerprint density at radius 3 is 2.46 bits per heavy atom. The number of carbonyl (C=O) groups excluding carboxylic acids is 1. The highest BCUT2D eigenvalue weighted by Gasteiger charge is 2.24. The molecule has 148 valence electrons. The lowest BCUT2D eigenvalue weighted by molar-refractivity contribution is 0.0951. The molecular weight excluding hydrogens is 348 g/mol. The van der Waals surface area contributed by atoms with Gasteiger partial charge in [-0.25, -0.2) is 0 Å². The van der Waals surface area contributed by atoms with Gasteiger partial charge in [0.2, 0.25) is 0 Å². The highest BCUT2D eigenvalue weighted by Crippen LogP contribution is 2.26. The van der Waals surface area contributed by atoms with E-state index in [4.69, 9.17) is 4.84 Å². The van der Waals surface area contributed by atoms with Crippen molar-refractivity contribution in [2.75, 3.05) is 6.61 Å². The average Bonchev–Trinajstić information content (AvgIpc) is 3.49. The Labute approximate surface area is 168 Å². The fourth-order valence-electron chi connectivity index (χ4n) is 2.95. The lowest BCUT2D eigenvalue weighted by Gasteiger charge is -2.11. The first-order valence-electron chi connectivity index (χ1n) is 10.1. The van der Waals surface area contributed by atoms with E-state index in [0.29, 0.717) is 24.1 Å². The third kappa shape index (κ3) is 5.44. The second-order valence-electron chi connectivity index (χ2n) is 8.05. The molecule has 1 fully saturated rings. The number of carbonyl (C=O) groups is 1. The van der Waals surface area contributed by atoms with E-state index in [1.54, 1.807) is 0 Å². The van der Waals surface area contributed by atoms with Crippen molar-refractivity contribution < 1.29 is 9.63 Å². The first-order chi connectivity index (χ1) is 13.4. The van der Waals surface area contributed by atoms with Crippen LogP contribution in [0.25, 0.3) is 11.1 Å². The van der Waals surface area contributed by atoms with Crippen molar-refractivity contribution in [3.63, 3.8) is 0 Å². The molecule has 0 spiro atoms. The van der Waals surface area contributed by atoms with Crippen LogP contribution in [0.15, 0.2) is 47.6 Å². The average molecular weight is 379 g/mol. The zero-order chi connectivity index (χ0) is 20.1. The second kappa shape index (κ2) is 9.05. The molecule has 1 aliphatic carbocycles. The predicted octanol–water partition coefficient (Wildman–Crippen LogP) is 5.34. The summed E-state index contributed by atoms with van der Waals surface area (Å²) in [5.41, 5.74) is 5.94. The van der Waals surface area contributed by atoms with Crippen LogP contribution in [0.4, 0.5) is 0 Å². The highest BCUT2D eigenvalue weighted by molar-refractivity contribution is 5.99. The Morgan fingerprint density at radius 1 is 1.14 bits per heavy atom. The van der Waals surface area contributed by atoms with Crippen LogP contribution in [-0.4, -0.2) is 24.3 Å². The van der Waals surface area contributed by atoms with Crippen LogP contribution >= 0.6 is 0 Å². The maximum Gasteiger partial charge on any atom is 0.251 e. The van der Waals surface area contributed by atoms with E-state index >= 15 is 0 Å². The first-order valence-corrected chi connectivity index (χ1v) is 10.1. The molecular formula is C24H30N2O2.